The van der Waals surface area contributed by atoms with Gasteiger partial charge in [-0.3, -0.25) is 9.20 Å². The summed E-state index contributed by atoms with van der Waals surface area (Å²) in [4.78, 5) is 23.7. The molecule has 0 bridgehead atoms. The van der Waals surface area contributed by atoms with E-state index in [0.29, 0.717) is 18.7 Å². The van der Waals surface area contributed by atoms with Gasteiger partial charge in [0.1, 0.15) is 0 Å². The lowest BCUT2D eigenvalue weighted by Gasteiger charge is -2.01. The fourth-order valence-electron chi connectivity index (χ4n) is 2.00. The molecule has 22 heavy (non-hydrogen) atoms. The zero-order valence-corrected chi connectivity index (χ0v) is 12.5. The lowest BCUT2D eigenvalue weighted by atomic mass is 10.3. The van der Waals surface area contributed by atoms with Crippen LogP contribution < -0.4 is 11.0 Å². The van der Waals surface area contributed by atoms with Crippen molar-refractivity contribution in [2.45, 2.75) is 6.54 Å². The number of nitrogens with zero attached hydrogens (tertiary/aromatic N) is 3. The molecule has 0 unspecified atom stereocenters. The number of amides is 1. The van der Waals surface area contributed by atoms with Gasteiger partial charge in [0.05, 0.1) is 6.54 Å². The van der Waals surface area contributed by atoms with Crippen LogP contribution in [0.2, 0.25) is 0 Å². The molecule has 0 spiro atoms. The highest BCUT2D eigenvalue weighted by atomic mass is 32.1. The fraction of sp³-hybridized carbons (Fsp3) is 0.133. The molecular formula is C15H14N4O2S. The molecule has 0 atom stereocenters. The van der Waals surface area contributed by atoms with Crippen LogP contribution in [0.5, 0.6) is 0 Å². The third-order valence-corrected chi connectivity index (χ3v) is 3.78. The van der Waals surface area contributed by atoms with Crippen LogP contribution in [0.25, 0.3) is 11.7 Å². The third kappa shape index (κ3) is 3.15. The summed E-state index contributed by atoms with van der Waals surface area (Å²) in [6.45, 7) is 0.676. The van der Waals surface area contributed by atoms with Gasteiger partial charge in [0.2, 0.25) is 5.91 Å². The molecule has 1 amide bonds. The quantitative estimate of drug-likeness (QED) is 0.724. The summed E-state index contributed by atoms with van der Waals surface area (Å²) >= 11 is 1.58. The average molecular weight is 314 g/mol. The summed E-state index contributed by atoms with van der Waals surface area (Å²) in [6.07, 6.45) is 4.90. The first-order chi connectivity index (χ1) is 10.7. The van der Waals surface area contributed by atoms with Gasteiger partial charge in [-0.15, -0.1) is 5.10 Å². The van der Waals surface area contributed by atoms with Crippen molar-refractivity contribution in [3.8, 4) is 0 Å². The first-order valence-electron chi connectivity index (χ1n) is 6.76. The van der Waals surface area contributed by atoms with Crippen LogP contribution >= 0.6 is 11.3 Å². The van der Waals surface area contributed by atoms with Gasteiger partial charge in [-0.2, -0.15) is 11.3 Å². The zero-order valence-electron chi connectivity index (χ0n) is 11.7. The predicted molar refractivity (Wildman–Crippen MR) is 85.8 cm³/mol. The molecule has 6 nitrogen and oxygen atoms in total. The molecule has 0 radical (unpaired) electrons. The van der Waals surface area contributed by atoms with Gasteiger partial charge < -0.3 is 5.32 Å². The molecule has 7 heteroatoms. The Morgan fingerprint density at radius 1 is 1.36 bits per heavy atom. The SMILES string of the molecule is O=C(/C=C\c1ccsc1)NCCn1nc2ccccn2c1=O. The summed E-state index contributed by atoms with van der Waals surface area (Å²) in [5.74, 6) is -0.192. The predicted octanol–water partition coefficient (Wildman–Crippen LogP) is 1.39. The van der Waals surface area contributed by atoms with Crippen LogP contribution in [0, 0.1) is 0 Å². The summed E-state index contributed by atoms with van der Waals surface area (Å²) in [6, 6.07) is 7.30. The van der Waals surface area contributed by atoms with Gasteiger partial charge in [-0.25, -0.2) is 9.48 Å². The Hall–Kier alpha value is -2.67. The molecule has 0 saturated carbocycles. The molecule has 3 aromatic rings. The van der Waals surface area contributed by atoms with E-state index in [1.165, 1.54) is 15.2 Å². The minimum Gasteiger partial charge on any atom is -0.351 e. The topological polar surface area (TPSA) is 68.4 Å². The Morgan fingerprint density at radius 3 is 3.05 bits per heavy atom. The third-order valence-electron chi connectivity index (χ3n) is 3.08. The number of fused-ring (bicyclic) bond motifs is 1. The maximum Gasteiger partial charge on any atom is 0.350 e. The van der Waals surface area contributed by atoms with Crippen LogP contribution in [0.4, 0.5) is 0 Å². The van der Waals surface area contributed by atoms with E-state index < -0.39 is 0 Å². The number of thiophene rings is 1. The van der Waals surface area contributed by atoms with Gasteiger partial charge in [0.15, 0.2) is 5.65 Å². The number of rotatable bonds is 5. The highest BCUT2D eigenvalue weighted by Crippen LogP contribution is 2.07. The van der Waals surface area contributed by atoms with Gasteiger partial charge in [0.25, 0.3) is 0 Å². The average Bonchev–Trinajstić information content (AvgIpc) is 3.15. The highest BCUT2D eigenvalue weighted by molar-refractivity contribution is 7.08. The number of aromatic nitrogens is 3. The van der Waals surface area contributed by atoms with Gasteiger partial charge in [-0.05, 0) is 40.6 Å². The second-order valence-corrected chi connectivity index (χ2v) is 5.40. The molecule has 112 valence electrons. The minimum absolute atomic E-state index is 0.192. The van der Waals surface area contributed by atoms with Crippen LogP contribution in [0.3, 0.4) is 0 Å². The molecule has 0 aliphatic rings. The maximum absolute atomic E-state index is 12.0. The first kappa shape index (κ1) is 14.3. The monoisotopic (exact) mass is 314 g/mol. The summed E-state index contributed by atoms with van der Waals surface area (Å²) < 4.78 is 2.82. The molecule has 0 aromatic carbocycles. The maximum atomic E-state index is 12.0. The summed E-state index contributed by atoms with van der Waals surface area (Å²) in [5, 5.41) is 10.8. The number of pyridine rings is 1. The van der Waals surface area contributed by atoms with Crippen molar-refractivity contribution in [3.63, 3.8) is 0 Å². The zero-order chi connectivity index (χ0) is 15.4. The van der Waals surface area contributed by atoms with Crippen LogP contribution in [0.15, 0.2) is 52.1 Å². The Balaban J connectivity index is 1.57. The number of carbonyl (C=O) groups is 1. The molecule has 3 heterocycles. The first-order valence-corrected chi connectivity index (χ1v) is 7.70. The van der Waals surface area contributed by atoms with Gasteiger partial charge >= 0.3 is 5.69 Å². The summed E-state index contributed by atoms with van der Waals surface area (Å²) in [7, 11) is 0. The highest BCUT2D eigenvalue weighted by Gasteiger charge is 2.05. The Morgan fingerprint density at radius 2 is 2.27 bits per heavy atom. The van der Waals surface area contributed by atoms with Crippen molar-refractivity contribution < 1.29 is 4.79 Å². The molecular weight excluding hydrogens is 300 g/mol. The van der Waals surface area contributed by atoms with Crippen molar-refractivity contribution >= 4 is 29.0 Å². The Labute approximate surface area is 130 Å². The Kier molecular flexibility index (Phi) is 4.15. The second kappa shape index (κ2) is 6.40. The standard InChI is InChI=1S/C15H14N4O2S/c20-14(5-4-12-6-10-22-11-12)16-7-9-19-15(21)18-8-2-1-3-13(18)17-19/h1-6,8,10-11H,7,9H2,(H,16,20)/b5-4-. The second-order valence-electron chi connectivity index (χ2n) is 4.62. The van der Waals surface area contributed by atoms with Crippen molar-refractivity contribution in [1.29, 1.82) is 0 Å². The van der Waals surface area contributed by atoms with Crippen LogP contribution in [-0.2, 0) is 11.3 Å². The van der Waals surface area contributed by atoms with Crippen molar-refractivity contribution in [2.75, 3.05) is 6.54 Å². The van der Waals surface area contributed by atoms with E-state index in [4.69, 9.17) is 0 Å². The van der Waals surface area contributed by atoms with Crippen LogP contribution in [0.1, 0.15) is 5.56 Å². The van der Waals surface area contributed by atoms with Gasteiger partial charge in [0, 0.05) is 18.8 Å². The number of hydrogen-bond acceptors (Lipinski definition) is 4. The molecule has 0 aliphatic carbocycles. The lowest BCUT2D eigenvalue weighted by molar-refractivity contribution is -0.116. The number of hydrogen-bond donors (Lipinski definition) is 1. The van der Waals surface area contributed by atoms with E-state index >= 15 is 0 Å². The van der Waals surface area contributed by atoms with Crippen LogP contribution in [-0.4, -0.2) is 26.6 Å². The summed E-state index contributed by atoms with van der Waals surface area (Å²) in [5.41, 5.74) is 1.38. The van der Waals surface area contributed by atoms with Crippen molar-refractivity contribution in [1.82, 2.24) is 19.5 Å². The molecule has 0 saturated heterocycles. The molecule has 0 aliphatic heterocycles. The lowest BCUT2D eigenvalue weighted by Crippen LogP contribution is -2.30. The van der Waals surface area contributed by atoms with Crippen molar-refractivity contribution in [3.05, 3.63) is 63.3 Å². The molecule has 3 rings (SSSR count). The smallest absolute Gasteiger partial charge is 0.350 e. The van der Waals surface area contributed by atoms with E-state index in [0.717, 1.165) is 5.56 Å². The Bertz CT molecular complexity index is 861. The van der Waals surface area contributed by atoms with E-state index in [1.54, 1.807) is 35.7 Å². The van der Waals surface area contributed by atoms with E-state index in [-0.39, 0.29) is 11.6 Å². The van der Waals surface area contributed by atoms with E-state index in [9.17, 15) is 9.59 Å². The number of carbonyl (C=O) groups excluding carboxylic acids is 1. The van der Waals surface area contributed by atoms with E-state index in [1.807, 2.05) is 22.9 Å². The van der Waals surface area contributed by atoms with E-state index in [2.05, 4.69) is 10.4 Å². The molecule has 1 N–H and O–H groups in total. The fourth-order valence-corrected chi connectivity index (χ4v) is 2.63. The largest absolute Gasteiger partial charge is 0.351 e. The number of nitrogens with one attached hydrogen (secondary N) is 1. The molecule has 3 aromatic heterocycles. The normalized spacial score (nSPS) is 11.3. The molecule has 0 fully saturated rings. The minimum atomic E-state index is -0.210. The van der Waals surface area contributed by atoms with Gasteiger partial charge in [-0.1, -0.05) is 6.07 Å². The van der Waals surface area contributed by atoms with Crippen molar-refractivity contribution in [2.24, 2.45) is 0 Å².